The first-order valence-electron chi connectivity index (χ1n) is 8.25. The summed E-state index contributed by atoms with van der Waals surface area (Å²) in [7, 11) is 0. The summed E-state index contributed by atoms with van der Waals surface area (Å²) < 4.78 is 6.49. The van der Waals surface area contributed by atoms with E-state index < -0.39 is 11.5 Å². The van der Waals surface area contributed by atoms with E-state index in [1.165, 1.54) is 6.33 Å². The maximum absolute atomic E-state index is 12.1. The SMILES string of the molecule is CCOC(=O)c1ccc(NC(=O)CCn2cnc3c(=O)[nH]c(N)nc32)cc1. The first-order valence-corrected chi connectivity index (χ1v) is 8.25. The van der Waals surface area contributed by atoms with Crippen LogP contribution in [0.15, 0.2) is 35.4 Å². The maximum Gasteiger partial charge on any atom is 0.338 e. The number of benzene rings is 1. The summed E-state index contributed by atoms with van der Waals surface area (Å²) >= 11 is 0. The minimum atomic E-state index is -0.428. The van der Waals surface area contributed by atoms with E-state index in [-0.39, 0.29) is 30.3 Å². The lowest BCUT2D eigenvalue weighted by Gasteiger charge is -2.07. The van der Waals surface area contributed by atoms with Crippen molar-refractivity contribution in [3.05, 3.63) is 46.5 Å². The van der Waals surface area contributed by atoms with Crippen molar-refractivity contribution in [2.75, 3.05) is 17.7 Å². The molecule has 27 heavy (non-hydrogen) atoms. The van der Waals surface area contributed by atoms with Gasteiger partial charge in [0.05, 0.1) is 18.5 Å². The van der Waals surface area contributed by atoms with Gasteiger partial charge in [0.1, 0.15) is 0 Å². The molecule has 140 valence electrons. The Bertz CT molecular complexity index is 1040. The van der Waals surface area contributed by atoms with E-state index in [2.05, 4.69) is 20.3 Å². The number of hydrogen-bond acceptors (Lipinski definition) is 7. The van der Waals surface area contributed by atoms with Gasteiger partial charge in [-0.3, -0.25) is 14.6 Å². The highest BCUT2D eigenvalue weighted by Gasteiger charge is 2.11. The number of H-pyrrole nitrogens is 1. The molecule has 0 aliphatic carbocycles. The molecule has 0 aliphatic heterocycles. The number of carbonyl (C=O) groups is 2. The van der Waals surface area contributed by atoms with E-state index in [1.54, 1.807) is 35.8 Å². The van der Waals surface area contributed by atoms with Crippen LogP contribution in [0.4, 0.5) is 11.6 Å². The number of nitrogens with zero attached hydrogens (tertiary/aromatic N) is 3. The smallest absolute Gasteiger partial charge is 0.338 e. The number of amides is 1. The molecule has 0 aliphatic rings. The summed E-state index contributed by atoms with van der Waals surface area (Å²) in [5, 5.41) is 2.74. The molecule has 0 saturated heterocycles. The van der Waals surface area contributed by atoms with Gasteiger partial charge >= 0.3 is 5.97 Å². The van der Waals surface area contributed by atoms with Gasteiger partial charge in [-0.1, -0.05) is 0 Å². The normalized spacial score (nSPS) is 10.7. The largest absolute Gasteiger partial charge is 0.462 e. The number of fused-ring (bicyclic) bond motifs is 1. The molecule has 2 aromatic heterocycles. The fourth-order valence-electron chi connectivity index (χ4n) is 2.48. The monoisotopic (exact) mass is 370 g/mol. The van der Waals surface area contributed by atoms with Crippen molar-refractivity contribution in [3.8, 4) is 0 Å². The topological polar surface area (TPSA) is 145 Å². The van der Waals surface area contributed by atoms with Crippen LogP contribution < -0.4 is 16.6 Å². The zero-order valence-corrected chi connectivity index (χ0v) is 14.6. The number of nitrogen functional groups attached to an aromatic ring is 1. The Hall–Kier alpha value is -3.69. The number of anilines is 2. The van der Waals surface area contributed by atoms with Crippen molar-refractivity contribution in [1.29, 1.82) is 0 Å². The molecule has 0 saturated carbocycles. The van der Waals surface area contributed by atoms with Gasteiger partial charge < -0.3 is 20.4 Å². The molecule has 2 heterocycles. The fraction of sp³-hybridized carbons (Fsp3) is 0.235. The van der Waals surface area contributed by atoms with Crippen molar-refractivity contribution in [2.45, 2.75) is 19.9 Å². The Morgan fingerprint density at radius 3 is 2.74 bits per heavy atom. The van der Waals surface area contributed by atoms with Crippen LogP contribution in [-0.2, 0) is 16.1 Å². The highest BCUT2D eigenvalue weighted by atomic mass is 16.5. The lowest BCUT2D eigenvalue weighted by Crippen LogP contribution is -2.16. The van der Waals surface area contributed by atoms with Crippen LogP contribution in [-0.4, -0.2) is 38.0 Å². The number of nitrogens with two attached hydrogens (primary N) is 1. The van der Waals surface area contributed by atoms with Gasteiger partial charge in [-0.05, 0) is 31.2 Å². The maximum atomic E-state index is 12.1. The Morgan fingerprint density at radius 2 is 2.04 bits per heavy atom. The van der Waals surface area contributed by atoms with Crippen molar-refractivity contribution in [1.82, 2.24) is 19.5 Å². The number of imidazole rings is 1. The van der Waals surface area contributed by atoms with E-state index >= 15 is 0 Å². The van der Waals surface area contributed by atoms with Crippen LogP contribution in [0.5, 0.6) is 0 Å². The molecule has 0 atom stereocenters. The number of rotatable bonds is 6. The number of esters is 1. The number of ether oxygens (including phenoxy) is 1. The molecule has 3 aromatic rings. The third-order valence-corrected chi connectivity index (χ3v) is 3.75. The number of aryl methyl sites for hydroxylation is 1. The third kappa shape index (κ3) is 4.11. The van der Waals surface area contributed by atoms with Crippen molar-refractivity contribution < 1.29 is 14.3 Å². The molecule has 0 fully saturated rings. The van der Waals surface area contributed by atoms with E-state index in [1.807, 2.05) is 0 Å². The van der Waals surface area contributed by atoms with Crippen LogP contribution in [0, 0.1) is 0 Å². The first-order chi connectivity index (χ1) is 13.0. The second kappa shape index (κ2) is 7.68. The summed E-state index contributed by atoms with van der Waals surface area (Å²) in [6.07, 6.45) is 1.58. The number of aromatic amines is 1. The van der Waals surface area contributed by atoms with Crippen LogP contribution in [0.1, 0.15) is 23.7 Å². The molecule has 10 nitrogen and oxygen atoms in total. The summed E-state index contributed by atoms with van der Waals surface area (Å²) in [4.78, 5) is 45.9. The molecular weight excluding hydrogens is 352 g/mol. The predicted octanol–water partition coefficient (Wildman–Crippen LogP) is 0.907. The van der Waals surface area contributed by atoms with Crippen molar-refractivity contribution in [3.63, 3.8) is 0 Å². The predicted molar refractivity (Wildman–Crippen MR) is 98.2 cm³/mol. The molecule has 1 amide bonds. The van der Waals surface area contributed by atoms with Crippen molar-refractivity contribution >= 4 is 34.7 Å². The molecule has 0 unspecified atom stereocenters. The molecular formula is C17H18N6O4. The first kappa shape index (κ1) is 18.1. The van der Waals surface area contributed by atoms with Gasteiger partial charge in [-0.15, -0.1) is 0 Å². The molecule has 4 N–H and O–H groups in total. The number of hydrogen-bond donors (Lipinski definition) is 3. The number of aromatic nitrogens is 4. The van der Waals surface area contributed by atoms with Gasteiger partial charge in [-0.2, -0.15) is 4.98 Å². The summed E-state index contributed by atoms with van der Waals surface area (Å²) in [6, 6.07) is 6.41. The molecule has 3 rings (SSSR count). The van der Waals surface area contributed by atoms with E-state index in [0.717, 1.165) is 0 Å². The highest BCUT2D eigenvalue weighted by Crippen LogP contribution is 2.12. The summed E-state index contributed by atoms with van der Waals surface area (Å²) in [6.45, 7) is 2.31. The summed E-state index contributed by atoms with van der Waals surface area (Å²) in [5.74, 6) is -0.664. The van der Waals surface area contributed by atoms with Crippen molar-refractivity contribution in [2.24, 2.45) is 0 Å². The van der Waals surface area contributed by atoms with Crippen LogP contribution >= 0.6 is 0 Å². The van der Waals surface area contributed by atoms with Gasteiger partial charge in [0.25, 0.3) is 5.56 Å². The second-order valence-corrected chi connectivity index (χ2v) is 5.66. The average molecular weight is 370 g/mol. The number of nitrogens with one attached hydrogen (secondary N) is 2. The molecule has 10 heteroatoms. The van der Waals surface area contributed by atoms with E-state index in [4.69, 9.17) is 10.5 Å². The Morgan fingerprint density at radius 1 is 1.30 bits per heavy atom. The highest BCUT2D eigenvalue weighted by molar-refractivity contribution is 5.93. The molecule has 0 bridgehead atoms. The van der Waals surface area contributed by atoms with Gasteiger partial charge in [0.15, 0.2) is 11.2 Å². The summed E-state index contributed by atoms with van der Waals surface area (Å²) in [5.41, 5.74) is 6.57. The zero-order chi connectivity index (χ0) is 19.4. The fourth-order valence-corrected chi connectivity index (χ4v) is 2.48. The minimum Gasteiger partial charge on any atom is -0.462 e. The van der Waals surface area contributed by atoms with Crippen LogP contribution in [0.3, 0.4) is 0 Å². The van der Waals surface area contributed by atoms with Gasteiger partial charge in [0.2, 0.25) is 11.9 Å². The third-order valence-electron chi connectivity index (χ3n) is 3.75. The van der Waals surface area contributed by atoms with Crippen LogP contribution in [0.2, 0.25) is 0 Å². The quantitative estimate of drug-likeness (QED) is 0.547. The van der Waals surface area contributed by atoms with E-state index in [9.17, 15) is 14.4 Å². The minimum absolute atomic E-state index is 0.0135. The Labute approximate surface area is 153 Å². The average Bonchev–Trinajstić information content (AvgIpc) is 3.04. The zero-order valence-electron chi connectivity index (χ0n) is 14.6. The molecule has 0 radical (unpaired) electrons. The lowest BCUT2D eigenvalue weighted by atomic mass is 10.2. The van der Waals surface area contributed by atoms with Gasteiger partial charge in [0, 0.05) is 18.7 Å². The van der Waals surface area contributed by atoms with E-state index in [0.29, 0.717) is 23.5 Å². The Balaban J connectivity index is 1.62. The standard InChI is InChI=1S/C17H18N6O4/c1-2-27-16(26)10-3-5-11(6-4-10)20-12(24)7-8-23-9-19-13-14(23)21-17(18)22-15(13)25/h3-6,9H,2,7-8H2,1H3,(H,20,24)(H3,18,21,22,25). The van der Waals surface area contributed by atoms with Gasteiger partial charge in [-0.25, -0.2) is 9.78 Å². The number of carbonyl (C=O) groups excluding carboxylic acids is 2. The molecule has 1 aromatic carbocycles. The Kier molecular flexibility index (Phi) is 5.15. The lowest BCUT2D eigenvalue weighted by molar-refractivity contribution is -0.116. The second-order valence-electron chi connectivity index (χ2n) is 5.66. The van der Waals surface area contributed by atoms with Crippen LogP contribution in [0.25, 0.3) is 11.2 Å². The molecule has 0 spiro atoms.